The van der Waals surface area contributed by atoms with Gasteiger partial charge in [0.1, 0.15) is 25.5 Å². The smallest absolute Gasteiger partial charge is 0.481 e. The number of nitrogens with one attached hydrogen (secondary N) is 1. The molecule has 2 heterocycles. The van der Waals surface area contributed by atoms with Crippen LogP contribution in [0.3, 0.4) is 0 Å². The number of hydrogen-bond acceptors (Lipinski definition) is 16. The van der Waals surface area contributed by atoms with E-state index in [2.05, 4.69) is 56.2 Å². The summed E-state index contributed by atoms with van der Waals surface area (Å²) >= 11 is 0. The number of hydrogen-bond donors (Lipinski definition) is 3. The third-order valence-electron chi connectivity index (χ3n) is 8.65. The van der Waals surface area contributed by atoms with E-state index in [-0.39, 0.29) is 60.3 Å². The SMILES string of the molecule is CCOC(=O)CNC.CCOC(=O)c1cc(-c2ccccc2)cn1C.CN(C)/C=C(/C=[N+](C)C)c1ccccc1.Cl.Cn1cc(-c2ccccc2)cc1C(=O)O.O=C(O)Cc1ccccc1.[Na+].[O-][Cl+3]([O-])([O-])[O-].[O-][Cl+3]([O-])([O-])[O-]. The second-order valence-corrected chi connectivity index (χ2v) is 16.9. The summed E-state index contributed by atoms with van der Waals surface area (Å²) in [5, 5.41) is 19.9. The second-order valence-electron chi connectivity index (χ2n) is 15.4. The van der Waals surface area contributed by atoms with Crippen molar-refractivity contribution >= 4 is 48.1 Å². The summed E-state index contributed by atoms with van der Waals surface area (Å²) in [4.78, 5) is 45.1. The Morgan fingerprint density at radius 2 is 1.01 bits per heavy atom. The summed E-state index contributed by atoms with van der Waals surface area (Å²) in [5.41, 5.74) is 8.24. The Morgan fingerprint density at radius 3 is 1.35 bits per heavy atom. The number of aromatic nitrogens is 2. The molecule has 6 rings (SSSR count). The molecule has 2 aromatic heterocycles. The molecule has 0 bridgehead atoms. The first-order chi connectivity index (χ1) is 35.1. The van der Waals surface area contributed by atoms with Crippen molar-refractivity contribution in [3.05, 3.63) is 175 Å². The number of aliphatic carboxylic acids is 1. The molecular weight excluding hydrogens is 1080 g/mol. The Kier molecular flexibility index (Phi) is 40.3. The number of halogens is 3. The van der Waals surface area contributed by atoms with Crippen LogP contribution < -0.4 is 72.1 Å². The summed E-state index contributed by atoms with van der Waals surface area (Å²) in [5.74, 6) is -2.17. The number of nitrogens with zero attached hydrogens (tertiary/aromatic N) is 4. The second kappa shape index (κ2) is 41.2. The van der Waals surface area contributed by atoms with Gasteiger partial charge in [-0.15, -0.1) is 32.9 Å². The molecule has 0 aliphatic heterocycles. The molecule has 0 aliphatic rings. The number of carboxylic acid groups (broad SMARTS) is 2. The summed E-state index contributed by atoms with van der Waals surface area (Å²) in [6, 6.07) is 42.7. The molecule has 6 aromatic rings. The van der Waals surface area contributed by atoms with Gasteiger partial charge in [-0.25, -0.2) is 51.4 Å². The largest absolute Gasteiger partial charge is 1.00 e. The average molecular weight is 1150 g/mol. The summed E-state index contributed by atoms with van der Waals surface area (Å²) in [7, 11) is 3.53. The van der Waals surface area contributed by atoms with Crippen LogP contribution in [0.15, 0.2) is 152 Å². The summed E-state index contributed by atoms with van der Waals surface area (Å²) < 4.78 is 83.0. The fraction of sp³-hybridized carbons (Fsp3) is 0.250. The number of benzene rings is 4. The van der Waals surface area contributed by atoms with Gasteiger partial charge in [-0.3, -0.25) is 9.59 Å². The minimum Gasteiger partial charge on any atom is -0.481 e. The molecule has 0 aliphatic carbocycles. The number of aryl methyl sites for hydroxylation is 2. The van der Waals surface area contributed by atoms with Gasteiger partial charge in [0.25, 0.3) is 0 Å². The molecule has 0 atom stereocenters. The normalized spacial score (nSPS) is 10.1. The molecule has 4 aromatic carbocycles. The number of allylic oxidation sites excluding steroid dienone is 1. The number of aromatic carboxylic acids is 1. The molecule has 0 saturated heterocycles. The van der Waals surface area contributed by atoms with E-state index in [1.54, 1.807) is 55.3 Å². The van der Waals surface area contributed by atoms with E-state index in [0.717, 1.165) is 27.8 Å². The van der Waals surface area contributed by atoms with Crippen LogP contribution >= 0.6 is 12.4 Å². The van der Waals surface area contributed by atoms with E-state index in [1.165, 1.54) is 11.1 Å². The van der Waals surface area contributed by atoms with Crippen LogP contribution in [0.1, 0.15) is 46.0 Å². The number of carbonyl (C=O) groups is 4. The van der Waals surface area contributed by atoms with E-state index in [0.29, 0.717) is 31.1 Å². The maximum Gasteiger partial charge on any atom is 1.00 e. The van der Waals surface area contributed by atoms with Crippen molar-refractivity contribution in [3.63, 3.8) is 0 Å². The molecular formula is C52H65Cl3N5NaO16. The van der Waals surface area contributed by atoms with Crippen LogP contribution in [0.2, 0.25) is 0 Å². The van der Waals surface area contributed by atoms with Gasteiger partial charge in [-0.2, -0.15) is 0 Å². The summed E-state index contributed by atoms with van der Waals surface area (Å²) in [6.07, 6.45) is 8.10. The molecule has 0 saturated carbocycles. The minimum absolute atomic E-state index is 0. The van der Waals surface area contributed by atoms with Crippen LogP contribution in [0.5, 0.6) is 0 Å². The molecule has 0 spiro atoms. The standard InChI is InChI=1S/C14H15NO2.C13H19N2.C12H11NO2.C8H8O2.C5H11NO2.2ClHO4.ClH.Na/c1-3-17-14(16)13-9-12(10-15(13)2)11-7-5-4-6-8-11;1-14(2)10-13(11-15(3)4)12-8-6-5-7-9-12;1-13-8-10(7-11(13)12(14)15)9-5-3-2-4-6-9;9-8(10)6-7-4-2-1-3-5-7;1-3-8-5(7)4-6-2;2*2-1(3,4)5;;/h4-10H,3H2,1-2H3;5-11H,1-4H3;2-8H,1H3,(H,14,15);1-5H,6H2,(H,9,10);6H,3-4H2,1-2H3;2*(H,2,3,4,5);1H;/q;+1;;;;;;;+1/p-2. The van der Waals surface area contributed by atoms with Crippen LogP contribution in [-0.2, 0) is 39.6 Å². The van der Waals surface area contributed by atoms with Crippen molar-refractivity contribution < 1.29 is 131 Å². The van der Waals surface area contributed by atoms with E-state index in [1.807, 2.05) is 139 Å². The maximum atomic E-state index is 11.7. The first-order valence-electron chi connectivity index (χ1n) is 22.2. The Bertz CT molecular complexity index is 2590. The van der Waals surface area contributed by atoms with Crippen molar-refractivity contribution in [1.82, 2.24) is 19.4 Å². The Hall–Kier alpha value is -5.96. The van der Waals surface area contributed by atoms with Crippen molar-refractivity contribution in [2.75, 3.05) is 55.0 Å². The fourth-order valence-electron chi connectivity index (χ4n) is 5.82. The van der Waals surface area contributed by atoms with Gasteiger partial charge in [0.15, 0.2) is 6.21 Å². The van der Waals surface area contributed by atoms with Gasteiger partial charge in [0, 0.05) is 57.9 Å². The first kappa shape index (κ1) is 75.3. The van der Waals surface area contributed by atoms with Crippen LogP contribution in [-0.4, -0.2) is 114 Å². The van der Waals surface area contributed by atoms with E-state index in [4.69, 9.17) is 52.2 Å². The summed E-state index contributed by atoms with van der Waals surface area (Å²) in [6.45, 7) is 4.74. The number of carboxylic acids is 2. The Balaban J connectivity index is -0.000000860. The predicted molar refractivity (Wildman–Crippen MR) is 266 cm³/mol. The monoisotopic (exact) mass is 1140 g/mol. The number of carbonyl (C=O) groups excluding carboxylic acids is 2. The van der Waals surface area contributed by atoms with E-state index >= 15 is 0 Å². The number of ether oxygens (including phenoxy) is 2. The minimum atomic E-state index is -4.94. The Morgan fingerprint density at radius 1 is 0.636 bits per heavy atom. The Labute approximate surface area is 481 Å². The molecule has 416 valence electrons. The number of esters is 2. The van der Waals surface area contributed by atoms with Crippen LogP contribution in [0.25, 0.3) is 27.8 Å². The molecule has 0 unspecified atom stereocenters. The third-order valence-corrected chi connectivity index (χ3v) is 8.65. The van der Waals surface area contributed by atoms with E-state index < -0.39 is 32.4 Å². The molecule has 0 fully saturated rings. The molecule has 0 radical (unpaired) electrons. The maximum absolute atomic E-state index is 11.7. The molecule has 21 nitrogen and oxygen atoms in total. The predicted octanol–water partition coefficient (Wildman–Crippen LogP) is -3.81. The molecule has 77 heavy (non-hydrogen) atoms. The molecule has 25 heteroatoms. The van der Waals surface area contributed by atoms with Crippen molar-refractivity contribution in [1.29, 1.82) is 0 Å². The van der Waals surface area contributed by atoms with Crippen molar-refractivity contribution in [3.8, 4) is 22.3 Å². The molecule has 3 N–H and O–H groups in total. The number of likely N-dealkylation sites (N-methyl/N-ethyl adjacent to an activating group) is 1. The zero-order chi connectivity index (χ0) is 57.1. The topological polar surface area (TPSA) is 340 Å². The van der Waals surface area contributed by atoms with Gasteiger partial charge < -0.3 is 39.0 Å². The zero-order valence-electron chi connectivity index (χ0n) is 44.4. The fourth-order valence-corrected chi connectivity index (χ4v) is 5.82. The van der Waals surface area contributed by atoms with Crippen LogP contribution in [0, 0.1) is 20.5 Å². The average Bonchev–Trinajstić information content (AvgIpc) is 3.92. The number of rotatable bonds is 13. The van der Waals surface area contributed by atoms with Crippen molar-refractivity contribution in [2.24, 2.45) is 14.1 Å². The van der Waals surface area contributed by atoms with E-state index in [9.17, 15) is 19.2 Å². The van der Waals surface area contributed by atoms with Gasteiger partial charge in [0.2, 0.25) is 0 Å². The van der Waals surface area contributed by atoms with Gasteiger partial charge in [0.05, 0.1) is 31.8 Å². The van der Waals surface area contributed by atoms with Gasteiger partial charge >= 0.3 is 53.4 Å². The van der Waals surface area contributed by atoms with Gasteiger partial charge in [-0.05, 0) is 55.3 Å². The first-order valence-corrected chi connectivity index (χ1v) is 24.6. The zero-order valence-corrected chi connectivity index (χ0v) is 48.7. The molecule has 0 amide bonds. The van der Waals surface area contributed by atoms with Crippen molar-refractivity contribution in [2.45, 2.75) is 20.3 Å². The quantitative estimate of drug-likeness (QED) is 0.0432. The van der Waals surface area contributed by atoms with Crippen LogP contribution in [0.4, 0.5) is 0 Å². The van der Waals surface area contributed by atoms with Gasteiger partial charge in [-0.1, -0.05) is 121 Å². The third kappa shape index (κ3) is 39.1.